The molecule has 0 saturated heterocycles. The number of phosphoric acid groups is 1. The standard InChI is InChI=1S/C43H38ClF10N8O12PS2/c1-40(2,76(3,70)71)10-9-22-5-6-23(24-7-8-27(44)32-34(24)61(18-41(47,48)49)59-37(32)62(77(4,72)73)39(66)57-29(38(64)65)17-74-75(67,68)69)33(55-22)28(13-19-11-20(45)14-21(46)12-19)56-30(63)16-60-36-31(35(58-60)43(52,53)54)25-15-26(25)42(36,50)51/h5-8,11-12,14,25-26,28-29H,13,15-18H2,1-4H3,(H,56,63)(H,57,66)(H,64,65)(H2,67,68,69)/t25-,26+,28?,29?/m0/s1. The zero-order valence-electron chi connectivity index (χ0n) is 39.5. The predicted octanol–water partition coefficient (Wildman–Crippen LogP) is 6.33. The number of phosphoric ester groups is 1. The number of aliphatic carboxylic acids is 1. The summed E-state index contributed by atoms with van der Waals surface area (Å²) in [6.07, 6.45) is -10.5. The fourth-order valence-corrected chi connectivity index (χ4v) is 9.97. The summed E-state index contributed by atoms with van der Waals surface area (Å²) in [5.74, 6) is -8.88. The number of amides is 3. The van der Waals surface area contributed by atoms with Gasteiger partial charge < -0.3 is 25.5 Å². The maximum Gasteiger partial charge on any atom is 0.469 e. The molecule has 77 heavy (non-hydrogen) atoms. The summed E-state index contributed by atoms with van der Waals surface area (Å²) in [6.45, 7) is -2.66. The van der Waals surface area contributed by atoms with E-state index in [-0.39, 0.29) is 25.7 Å². The van der Waals surface area contributed by atoms with Crippen LogP contribution in [0.4, 0.5) is 54.5 Å². The van der Waals surface area contributed by atoms with E-state index in [9.17, 15) is 76.0 Å². The number of carboxylic acid groups (broad SMARTS) is 1. The van der Waals surface area contributed by atoms with Crippen LogP contribution in [0.5, 0.6) is 0 Å². The number of carboxylic acids is 1. The van der Waals surface area contributed by atoms with E-state index in [4.69, 9.17) is 21.4 Å². The average molecular weight is 1180 g/mol. The van der Waals surface area contributed by atoms with E-state index in [2.05, 4.69) is 36.9 Å². The van der Waals surface area contributed by atoms with Crippen molar-refractivity contribution >= 4 is 73.9 Å². The van der Waals surface area contributed by atoms with Gasteiger partial charge in [-0.3, -0.25) is 18.7 Å². The van der Waals surface area contributed by atoms with E-state index < -0.39 is 191 Å². The SMILES string of the molecule is CC(C)(C#Cc1ccc(-c2ccc(Cl)c3c(N(C(=O)NC(COP(=O)(O)O)C(=O)O)S(C)(=O)=O)nn(CC(F)(F)F)c23)c(C(Cc2cc(F)cc(F)c2)NC(=O)Cn2nc(C(F)(F)F)c3c2C(F)(F)[C@@H]2C[C@H]32)n1)S(C)(=O)=O. The molecule has 2 unspecified atom stereocenters. The summed E-state index contributed by atoms with van der Waals surface area (Å²) in [5.41, 5.74) is -6.84. The Balaban J connectivity index is 1.48. The van der Waals surface area contributed by atoms with E-state index in [0.717, 1.165) is 42.7 Å². The molecular weight excluding hydrogens is 1140 g/mol. The summed E-state index contributed by atoms with van der Waals surface area (Å²) in [7, 11) is -14.6. The van der Waals surface area contributed by atoms with E-state index >= 15 is 8.78 Å². The van der Waals surface area contributed by atoms with Crippen molar-refractivity contribution in [1.29, 1.82) is 0 Å². The highest BCUT2D eigenvalue weighted by Crippen LogP contribution is 2.68. The summed E-state index contributed by atoms with van der Waals surface area (Å²) in [6, 6.07) is -0.478. The molecule has 3 aromatic heterocycles. The number of nitrogens with zero attached hydrogens (tertiary/aromatic N) is 6. The van der Waals surface area contributed by atoms with Crippen LogP contribution in [-0.2, 0) is 70.1 Å². The number of urea groups is 1. The zero-order valence-corrected chi connectivity index (χ0v) is 42.8. The van der Waals surface area contributed by atoms with Gasteiger partial charge in [-0.25, -0.2) is 44.8 Å². The van der Waals surface area contributed by atoms with Gasteiger partial charge in [-0.2, -0.15) is 49.6 Å². The maximum atomic E-state index is 15.6. The van der Waals surface area contributed by atoms with Gasteiger partial charge in [-0.1, -0.05) is 23.6 Å². The Morgan fingerprint density at radius 3 is 2.14 bits per heavy atom. The second-order valence-corrected chi connectivity index (χ2v) is 24.2. The highest BCUT2D eigenvalue weighted by atomic mass is 35.5. The van der Waals surface area contributed by atoms with E-state index in [1.807, 2.05) is 0 Å². The molecule has 0 bridgehead atoms. The minimum absolute atomic E-state index is 0.0752. The number of aromatic nitrogens is 5. The zero-order chi connectivity index (χ0) is 57.5. The molecule has 3 amide bonds. The average Bonchev–Trinajstić information content (AvgIpc) is 3.78. The molecule has 1 fully saturated rings. The summed E-state index contributed by atoms with van der Waals surface area (Å²) in [5, 5.41) is 19.2. The number of hydrogen-bond acceptors (Lipinski definition) is 12. The Morgan fingerprint density at radius 2 is 1.58 bits per heavy atom. The monoisotopic (exact) mass is 1180 g/mol. The first-order chi connectivity index (χ1) is 35.2. The molecule has 5 N–H and O–H groups in total. The summed E-state index contributed by atoms with van der Waals surface area (Å²) < 4.78 is 213. The van der Waals surface area contributed by atoms with E-state index in [1.165, 1.54) is 13.8 Å². The van der Waals surface area contributed by atoms with Gasteiger partial charge in [0, 0.05) is 34.9 Å². The van der Waals surface area contributed by atoms with Crippen molar-refractivity contribution in [2.75, 3.05) is 23.4 Å². The largest absolute Gasteiger partial charge is 0.480 e. The quantitative estimate of drug-likeness (QED) is 0.0410. The lowest BCUT2D eigenvalue weighted by Crippen LogP contribution is -2.51. The van der Waals surface area contributed by atoms with E-state index in [1.54, 1.807) is 5.32 Å². The van der Waals surface area contributed by atoms with E-state index in [0.29, 0.717) is 12.3 Å². The molecule has 34 heteroatoms. The third kappa shape index (κ3) is 12.5. The fraction of sp³-hybridized carbons (Fsp3) is 0.395. The molecule has 4 atom stereocenters. The molecule has 20 nitrogen and oxygen atoms in total. The number of carbonyl (C=O) groups is 3. The Labute approximate surface area is 432 Å². The molecule has 1 saturated carbocycles. The number of carbonyl (C=O) groups excluding carboxylic acids is 2. The maximum absolute atomic E-state index is 15.6. The second kappa shape index (κ2) is 20.1. The molecule has 3 heterocycles. The smallest absolute Gasteiger partial charge is 0.469 e. The van der Waals surface area contributed by atoms with Gasteiger partial charge in [0.2, 0.25) is 15.9 Å². The highest BCUT2D eigenvalue weighted by molar-refractivity contribution is 7.93. The van der Waals surface area contributed by atoms with Crippen LogP contribution in [0.25, 0.3) is 22.0 Å². The topological polar surface area (TPSA) is 282 Å². The lowest BCUT2D eigenvalue weighted by molar-refractivity contribution is -0.143. The number of pyridine rings is 1. The van der Waals surface area contributed by atoms with Crippen molar-refractivity contribution in [3.63, 3.8) is 0 Å². The number of anilines is 1. The molecule has 2 aromatic carbocycles. The number of sulfone groups is 1. The highest BCUT2D eigenvalue weighted by Gasteiger charge is 2.68. The van der Waals surface area contributed by atoms with Crippen LogP contribution in [0.15, 0.2) is 42.5 Å². The number of hydrogen-bond donors (Lipinski definition) is 5. The Kier molecular flexibility index (Phi) is 15.3. The molecule has 5 aromatic rings. The third-order valence-electron chi connectivity index (χ3n) is 12.0. The van der Waals surface area contributed by atoms with Gasteiger partial charge in [0.25, 0.3) is 5.92 Å². The van der Waals surface area contributed by atoms with Crippen LogP contribution < -0.4 is 14.9 Å². The molecule has 2 aliphatic carbocycles. The molecule has 0 aliphatic heterocycles. The molecule has 7 rings (SSSR count). The minimum Gasteiger partial charge on any atom is -0.480 e. The lowest BCUT2D eigenvalue weighted by Gasteiger charge is -2.23. The minimum atomic E-state index is -5.45. The number of benzene rings is 2. The number of halogens is 11. The molecule has 416 valence electrons. The fourth-order valence-electron chi connectivity index (χ4n) is 8.36. The van der Waals surface area contributed by atoms with Crippen LogP contribution in [0, 0.1) is 29.4 Å². The summed E-state index contributed by atoms with van der Waals surface area (Å²) in [4.78, 5) is 62.6. The van der Waals surface area contributed by atoms with Gasteiger partial charge in [-0.05, 0) is 74.4 Å². The van der Waals surface area contributed by atoms with Crippen molar-refractivity contribution in [1.82, 2.24) is 35.2 Å². The van der Waals surface area contributed by atoms with Gasteiger partial charge in [0.1, 0.15) is 40.9 Å². The Morgan fingerprint density at radius 1 is 0.961 bits per heavy atom. The van der Waals surface area contributed by atoms with Crippen molar-refractivity contribution in [2.24, 2.45) is 5.92 Å². The van der Waals surface area contributed by atoms with Crippen molar-refractivity contribution < 1.29 is 99.1 Å². The molecule has 2 aliphatic rings. The third-order valence-corrected chi connectivity index (χ3v) is 15.8. The van der Waals surface area contributed by atoms with Crippen LogP contribution >= 0.6 is 19.4 Å². The molecule has 0 spiro atoms. The number of sulfonamides is 1. The summed E-state index contributed by atoms with van der Waals surface area (Å²) >= 11 is 6.56. The first-order valence-electron chi connectivity index (χ1n) is 21.7. The van der Waals surface area contributed by atoms with Gasteiger partial charge in [-0.15, -0.1) is 0 Å². The van der Waals surface area contributed by atoms with Crippen molar-refractivity contribution in [3.05, 3.63) is 93.0 Å². The van der Waals surface area contributed by atoms with Gasteiger partial charge in [0.15, 0.2) is 27.4 Å². The normalized spacial score (nSPS) is 17.2. The van der Waals surface area contributed by atoms with Crippen molar-refractivity contribution in [2.45, 2.75) is 80.8 Å². The van der Waals surface area contributed by atoms with Crippen LogP contribution in [0.2, 0.25) is 5.02 Å². The second-order valence-electron chi connectivity index (χ2n) is 18.2. The first kappa shape index (κ1) is 58.3. The van der Waals surface area contributed by atoms with Gasteiger partial charge in [0.05, 0.1) is 40.5 Å². The van der Waals surface area contributed by atoms with Crippen LogP contribution in [0.3, 0.4) is 0 Å². The van der Waals surface area contributed by atoms with Crippen LogP contribution in [0.1, 0.15) is 66.1 Å². The number of nitrogens with one attached hydrogen (secondary N) is 2. The Bertz CT molecular complexity index is 3600. The molecule has 0 radical (unpaired) electrons. The number of alkyl halides is 8. The Hall–Kier alpha value is -6.36. The van der Waals surface area contributed by atoms with Gasteiger partial charge >= 0.3 is 32.2 Å². The molecular formula is C43H38ClF10N8O12PS2. The number of rotatable bonds is 16. The van der Waals surface area contributed by atoms with Crippen molar-refractivity contribution in [3.8, 4) is 23.0 Å². The van der Waals surface area contributed by atoms with Crippen LogP contribution in [-0.4, -0.2) is 110 Å². The predicted molar refractivity (Wildman–Crippen MR) is 248 cm³/mol. The lowest BCUT2D eigenvalue weighted by atomic mass is 9.93. The first-order valence-corrected chi connectivity index (χ1v) is 27.4. The number of fused-ring (bicyclic) bond motifs is 4.